The van der Waals surface area contributed by atoms with Crippen LogP contribution < -0.4 is 19.3 Å². The second-order valence-electron chi connectivity index (χ2n) is 20.1. The molecule has 0 saturated carbocycles. The van der Waals surface area contributed by atoms with Crippen molar-refractivity contribution >= 4 is 23.2 Å². The van der Waals surface area contributed by atoms with Gasteiger partial charge in [-0.3, -0.25) is 19.6 Å². The highest BCUT2D eigenvalue weighted by Gasteiger charge is 2.28. The SMILES string of the molecule is CC(C)CC(=O)CN(C)c1nc(-c2cc(OCC(C)(C)O)ccn2)nc2c1CCC2.CC(C)CC(=O)CN(C)c1nc(-c2cc(OCC(C)(C)OC3CCCCO3)ccn2)nc2c1CCC2. The number of fused-ring (bicyclic) bond motifs is 2. The standard InChI is InChI=1S/C28H40N4O4.C23H32N4O3/c1-19(2)15-20(33)17-32(5)27-22-9-8-10-23(22)30-26(31-27)24-16-21(12-13-29-24)35-18-28(3,4)36-25-11-6-7-14-34-25;1-15(2)11-16(28)13-27(5)22-18-7-6-8-19(18)25-21(26-22)20-12-17(9-10-24-20)30-14-23(3,4)29/h12-13,16,19,25H,6-11,14-15,17-18H2,1-5H3;9-10,12,15,29H,6-8,11,13-14H2,1-5H3. The minimum Gasteiger partial charge on any atom is -0.490 e. The number of carbonyl (C=O) groups excluding carboxylic acids is 2. The van der Waals surface area contributed by atoms with Crippen molar-refractivity contribution in [3.05, 3.63) is 59.2 Å². The number of aliphatic hydroxyl groups is 1. The number of aryl methyl sites for hydroxylation is 2. The Kier molecular flexibility index (Phi) is 17.2. The van der Waals surface area contributed by atoms with Crippen LogP contribution in [0.4, 0.5) is 11.6 Å². The fourth-order valence-corrected chi connectivity index (χ4v) is 8.36. The first-order chi connectivity index (χ1) is 31.3. The van der Waals surface area contributed by atoms with Crippen LogP contribution in [-0.2, 0) is 44.7 Å². The largest absolute Gasteiger partial charge is 0.490 e. The molecule has 0 radical (unpaired) electrons. The van der Waals surface area contributed by atoms with E-state index in [0.29, 0.717) is 78.9 Å². The number of carbonyl (C=O) groups is 2. The average molecular weight is 909 g/mol. The Morgan fingerprint density at radius 3 is 1.64 bits per heavy atom. The van der Waals surface area contributed by atoms with Crippen LogP contribution in [0.15, 0.2) is 36.7 Å². The molecule has 66 heavy (non-hydrogen) atoms. The monoisotopic (exact) mass is 909 g/mol. The van der Waals surface area contributed by atoms with E-state index in [0.717, 1.165) is 98.5 Å². The maximum absolute atomic E-state index is 12.5. The summed E-state index contributed by atoms with van der Waals surface area (Å²) < 4.78 is 23.7. The summed E-state index contributed by atoms with van der Waals surface area (Å²) in [6.07, 6.45) is 13.2. The molecule has 7 rings (SSSR count). The zero-order valence-electron chi connectivity index (χ0n) is 41.0. The van der Waals surface area contributed by atoms with Gasteiger partial charge in [0.25, 0.3) is 0 Å². The lowest BCUT2D eigenvalue weighted by molar-refractivity contribution is -0.221. The molecule has 5 heterocycles. The van der Waals surface area contributed by atoms with Gasteiger partial charge in [0.05, 0.1) is 24.3 Å². The van der Waals surface area contributed by atoms with E-state index in [9.17, 15) is 14.7 Å². The van der Waals surface area contributed by atoms with Gasteiger partial charge in [0, 0.05) is 80.6 Å². The molecule has 0 aromatic carbocycles. The second kappa shape index (κ2) is 22.6. The number of aromatic nitrogens is 6. The van der Waals surface area contributed by atoms with Gasteiger partial charge in [-0.2, -0.15) is 0 Å². The van der Waals surface area contributed by atoms with E-state index in [2.05, 4.69) is 37.7 Å². The summed E-state index contributed by atoms with van der Waals surface area (Å²) in [5.41, 5.74) is 4.21. The predicted molar refractivity (Wildman–Crippen MR) is 256 cm³/mol. The summed E-state index contributed by atoms with van der Waals surface area (Å²) >= 11 is 0. The maximum Gasteiger partial charge on any atom is 0.180 e. The first-order valence-corrected chi connectivity index (χ1v) is 23.8. The van der Waals surface area contributed by atoms with Crippen LogP contribution in [0.2, 0.25) is 0 Å². The van der Waals surface area contributed by atoms with Crippen LogP contribution in [-0.4, -0.2) is 111 Å². The highest BCUT2D eigenvalue weighted by molar-refractivity contribution is 5.84. The van der Waals surface area contributed by atoms with Crippen LogP contribution >= 0.6 is 0 Å². The average Bonchev–Trinajstić information content (AvgIpc) is 3.94. The summed E-state index contributed by atoms with van der Waals surface area (Å²) in [4.78, 5) is 57.0. The minimum atomic E-state index is -0.925. The van der Waals surface area contributed by atoms with Crippen LogP contribution in [0.5, 0.6) is 11.5 Å². The van der Waals surface area contributed by atoms with Gasteiger partial charge in [-0.15, -0.1) is 0 Å². The molecule has 3 aliphatic rings. The van der Waals surface area contributed by atoms with E-state index in [4.69, 9.17) is 38.9 Å². The van der Waals surface area contributed by atoms with E-state index >= 15 is 0 Å². The lowest BCUT2D eigenvalue weighted by Gasteiger charge is -2.32. The van der Waals surface area contributed by atoms with Gasteiger partial charge in [-0.25, -0.2) is 19.9 Å². The van der Waals surface area contributed by atoms with Crippen molar-refractivity contribution in [2.24, 2.45) is 11.8 Å². The number of anilines is 2. The van der Waals surface area contributed by atoms with Gasteiger partial charge < -0.3 is 33.9 Å². The van der Waals surface area contributed by atoms with E-state index in [1.165, 1.54) is 0 Å². The van der Waals surface area contributed by atoms with Crippen molar-refractivity contribution in [2.45, 2.75) is 144 Å². The van der Waals surface area contributed by atoms with Gasteiger partial charge in [-0.05, 0) is 109 Å². The molecule has 1 unspecified atom stereocenters. The van der Waals surface area contributed by atoms with Crippen molar-refractivity contribution in [2.75, 3.05) is 56.8 Å². The summed E-state index contributed by atoms with van der Waals surface area (Å²) in [5.74, 6) is 5.14. The smallest absolute Gasteiger partial charge is 0.180 e. The maximum atomic E-state index is 12.5. The second-order valence-corrected chi connectivity index (χ2v) is 20.1. The Balaban J connectivity index is 0.000000222. The molecular formula is C51H72N8O7. The Morgan fingerprint density at radius 2 is 1.20 bits per heavy atom. The molecule has 4 aromatic rings. The molecule has 15 nitrogen and oxygen atoms in total. The van der Waals surface area contributed by atoms with Crippen molar-refractivity contribution in [1.82, 2.24) is 29.9 Å². The quantitative estimate of drug-likeness (QED) is 0.0902. The third-order valence-corrected chi connectivity index (χ3v) is 11.3. The third kappa shape index (κ3) is 14.7. The van der Waals surface area contributed by atoms with Crippen molar-refractivity contribution in [3.8, 4) is 34.5 Å². The van der Waals surface area contributed by atoms with Crippen molar-refractivity contribution < 1.29 is 33.6 Å². The molecule has 1 N–H and O–H groups in total. The van der Waals surface area contributed by atoms with Crippen LogP contribution in [0.3, 0.4) is 0 Å². The lowest BCUT2D eigenvalue weighted by Crippen LogP contribution is -2.38. The number of ketones is 2. The fourth-order valence-electron chi connectivity index (χ4n) is 8.36. The molecule has 2 aliphatic carbocycles. The number of nitrogens with zero attached hydrogens (tertiary/aromatic N) is 8. The Bertz CT molecular complexity index is 2270. The number of hydrogen-bond donors (Lipinski definition) is 1. The summed E-state index contributed by atoms with van der Waals surface area (Å²) in [6.45, 7) is 17.6. The van der Waals surface area contributed by atoms with E-state index in [1.807, 2.05) is 49.9 Å². The number of likely N-dealkylation sites (N-methyl/N-ethyl adjacent to an activating group) is 2. The number of pyridine rings is 2. The lowest BCUT2D eigenvalue weighted by atomic mass is 10.1. The molecule has 0 bridgehead atoms. The third-order valence-electron chi connectivity index (χ3n) is 11.3. The van der Waals surface area contributed by atoms with Gasteiger partial charge in [-0.1, -0.05) is 27.7 Å². The molecule has 4 aromatic heterocycles. The molecule has 1 aliphatic heterocycles. The van der Waals surface area contributed by atoms with Crippen molar-refractivity contribution in [1.29, 1.82) is 0 Å². The normalized spacial score (nSPS) is 15.8. The van der Waals surface area contributed by atoms with Gasteiger partial charge in [0.1, 0.15) is 47.7 Å². The van der Waals surface area contributed by atoms with Gasteiger partial charge >= 0.3 is 0 Å². The van der Waals surface area contributed by atoms with Crippen molar-refractivity contribution in [3.63, 3.8) is 0 Å². The summed E-state index contributed by atoms with van der Waals surface area (Å²) in [5, 5.41) is 9.90. The number of rotatable bonds is 20. The zero-order valence-corrected chi connectivity index (χ0v) is 41.0. The van der Waals surface area contributed by atoms with E-state index in [1.54, 1.807) is 38.4 Å². The Morgan fingerprint density at radius 1 is 0.712 bits per heavy atom. The molecule has 0 amide bonds. The van der Waals surface area contributed by atoms with Gasteiger partial charge in [0.2, 0.25) is 0 Å². The molecule has 358 valence electrons. The fraction of sp³-hybridized carbons (Fsp3) is 0.608. The zero-order chi connectivity index (χ0) is 47.6. The van der Waals surface area contributed by atoms with Crippen LogP contribution in [0.25, 0.3) is 23.0 Å². The summed E-state index contributed by atoms with van der Waals surface area (Å²) in [7, 11) is 3.85. The minimum absolute atomic E-state index is 0.173. The van der Waals surface area contributed by atoms with E-state index in [-0.39, 0.29) is 24.5 Å². The Labute approximate surface area is 391 Å². The number of Topliss-reactive ketones (excluding diaryl/α,β-unsaturated/α-hetero) is 2. The molecule has 0 spiro atoms. The Hall–Kier alpha value is -5.12. The topological polar surface area (TPSA) is 175 Å². The highest BCUT2D eigenvalue weighted by atomic mass is 16.7. The molecule has 1 atom stereocenters. The van der Waals surface area contributed by atoms with Crippen LogP contribution in [0, 0.1) is 11.8 Å². The van der Waals surface area contributed by atoms with Gasteiger partial charge in [0.15, 0.2) is 29.5 Å². The molecular weight excluding hydrogens is 837 g/mol. The predicted octanol–water partition coefficient (Wildman–Crippen LogP) is 8.01. The number of hydrogen-bond acceptors (Lipinski definition) is 15. The highest BCUT2D eigenvalue weighted by Crippen LogP contribution is 2.33. The number of ether oxygens (including phenoxy) is 4. The van der Waals surface area contributed by atoms with Crippen LogP contribution in [0.1, 0.15) is 123 Å². The summed E-state index contributed by atoms with van der Waals surface area (Å²) in [6, 6.07) is 7.25. The first kappa shape index (κ1) is 50.3. The molecule has 15 heteroatoms. The molecule has 1 saturated heterocycles. The molecule has 1 fully saturated rings. The first-order valence-electron chi connectivity index (χ1n) is 23.8. The van der Waals surface area contributed by atoms with E-state index < -0.39 is 11.2 Å².